The van der Waals surface area contributed by atoms with Gasteiger partial charge in [-0.05, 0) is 12.8 Å². The van der Waals surface area contributed by atoms with Crippen molar-refractivity contribution in [2.75, 3.05) is 25.1 Å². The molecule has 0 aromatic heterocycles. The van der Waals surface area contributed by atoms with Crippen LogP contribution in [-0.4, -0.2) is 61.4 Å². The number of carbonyl (C=O) groups is 2. The number of hydrogen-bond acceptors (Lipinski definition) is 5. The summed E-state index contributed by atoms with van der Waals surface area (Å²) in [6.45, 7) is 1.68. The highest BCUT2D eigenvalue weighted by molar-refractivity contribution is 7.90. The molecule has 0 spiro atoms. The first-order valence-corrected chi connectivity index (χ1v) is 7.67. The highest BCUT2D eigenvalue weighted by Crippen LogP contribution is 2.01. The van der Waals surface area contributed by atoms with Crippen molar-refractivity contribution < 1.29 is 23.1 Å². The zero-order valence-corrected chi connectivity index (χ0v) is 11.4. The largest absolute Gasteiger partial charge is 0.480 e. The summed E-state index contributed by atoms with van der Waals surface area (Å²) in [5.41, 5.74) is 5.58. The lowest BCUT2D eigenvalue weighted by Gasteiger charge is -2.23. The number of rotatable bonds is 8. The third-order valence-electron chi connectivity index (χ3n) is 2.25. The number of carbonyl (C=O) groups excluding carboxylic acids is 1. The Labute approximate surface area is 107 Å². The molecule has 1 amide bonds. The lowest BCUT2D eigenvalue weighted by molar-refractivity contribution is -0.145. The van der Waals surface area contributed by atoms with Crippen LogP contribution in [0.1, 0.15) is 19.8 Å². The van der Waals surface area contributed by atoms with E-state index in [2.05, 4.69) is 0 Å². The summed E-state index contributed by atoms with van der Waals surface area (Å²) in [7, 11) is -3.18. The van der Waals surface area contributed by atoms with E-state index >= 15 is 0 Å². The van der Waals surface area contributed by atoms with Crippen LogP contribution in [0.5, 0.6) is 0 Å². The minimum absolute atomic E-state index is 0.00248. The second-order valence-corrected chi connectivity index (χ2v) is 6.44. The number of sulfone groups is 1. The molecule has 0 rings (SSSR count). The molecule has 0 saturated carbocycles. The Kier molecular flexibility index (Phi) is 6.85. The average molecular weight is 280 g/mol. The van der Waals surface area contributed by atoms with Crippen LogP contribution < -0.4 is 5.73 Å². The van der Waals surface area contributed by atoms with Crippen molar-refractivity contribution in [1.29, 1.82) is 0 Å². The molecule has 0 aromatic carbocycles. The maximum atomic E-state index is 11.8. The Bertz CT molecular complexity index is 393. The van der Waals surface area contributed by atoms with Crippen LogP contribution in [0.2, 0.25) is 0 Å². The number of nitrogens with two attached hydrogens (primary N) is 1. The van der Waals surface area contributed by atoms with Crippen molar-refractivity contribution >= 4 is 21.7 Å². The van der Waals surface area contributed by atoms with Gasteiger partial charge in [-0.3, -0.25) is 9.59 Å². The minimum atomic E-state index is -3.18. The lowest BCUT2D eigenvalue weighted by Crippen LogP contribution is -2.46. The van der Waals surface area contributed by atoms with Gasteiger partial charge in [0.1, 0.15) is 16.4 Å². The van der Waals surface area contributed by atoms with Gasteiger partial charge in [0.05, 0.1) is 11.8 Å². The van der Waals surface area contributed by atoms with E-state index < -0.39 is 34.3 Å². The normalized spacial score (nSPS) is 13.1. The van der Waals surface area contributed by atoms with Crippen molar-refractivity contribution in [3.63, 3.8) is 0 Å². The summed E-state index contributed by atoms with van der Waals surface area (Å²) in [5.74, 6) is -1.83. The molecule has 0 heterocycles. The van der Waals surface area contributed by atoms with Crippen molar-refractivity contribution in [3.8, 4) is 0 Å². The molecule has 18 heavy (non-hydrogen) atoms. The van der Waals surface area contributed by atoms with Crippen LogP contribution >= 0.6 is 0 Å². The van der Waals surface area contributed by atoms with Gasteiger partial charge >= 0.3 is 5.97 Å². The van der Waals surface area contributed by atoms with Crippen molar-refractivity contribution in [1.82, 2.24) is 4.90 Å². The fraction of sp³-hybridized carbons (Fsp3) is 0.800. The van der Waals surface area contributed by atoms with Gasteiger partial charge < -0.3 is 15.7 Å². The van der Waals surface area contributed by atoms with Crippen molar-refractivity contribution in [3.05, 3.63) is 0 Å². The van der Waals surface area contributed by atoms with Crippen molar-refractivity contribution in [2.24, 2.45) is 5.73 Å². The maximum absolute atomic E-state index is 11.8. The van der Waals surface area contributed by atoms with E-state index in [1.165, 1.54) is 0 Å². The first-order valence-electron chi connectivity index (χ1n) is 5.61. The fourth-order valence-electron chi connectivity index (χ4n) is 1.40. The highest BCUT2D eigenvalue weighted by atomic mass is 32.2. The van der Waals surface area contributed by atoms with Gasteiger partial charge in [0.2, 0.25) is 5.91 Å². The summed E-state index contributed by atoms with van der Waals surface area (Å²) >= 11 is 0. The lowest BCUT2D eigenvalue weighted by atomic mass is 10.2. The monoisotopic (exact) mass is 280 g/mol. The fourth-order valence-corrected chi connectivity index (χ4v) is 2.08. The molecule has 8 heteroatoms. The van der Waals surface area contributed by atoms with E-state index in [0.29, 0.717) is 6.42 Å². The van der Waals surface area contributed by atoms with E-state index in [1.807, 2.05) is 6.92 Å². The predicted octanol–water partition coefficient (Wildman–Crippen LogP) is -0.928. The molecule has 106 valence electrons. The standard InChI is InChI=1S/C10H20N2O5S/c1-3-5-12(7-9(13)14)10(15)8(11)4-6-18(2,16)17/h8H,3-7,11H2,1-2H3,(H,13,14). The van der Waals surface area contributed by atoms with Crippen LogP contribution in [-0.2, 0) is 19.4 Å². The molecule has 1 atom stereocenters. The topological polar surface area (TPSA) is 118 Å². The molecule has 0 aliphatic carbocycles. The van der Waals surface area contributed by atoms with E-state index in [9.17, 15) is 18.0 Å². The third kappa shape index (κ3) is 7.23. The summed E-state index contributed by atoms with van der Waals surface area (Å²) < 4.78 is 21.9. The minimum Gasteiger partial charge on any atom is -0.480 e. The van der Waals surface area contributed by atoms with Gasteiger partial charge in [-0.25, -0.2) is 8.42 Å². The first-order chi connectivity index (χ1) is 8.17. The Morgan fingerprint density at radius 3 is 2.33 bits per heavy atom. The van der Waals surface area contributed by atoms with E-state index in [1.54, 1.807) is 0 Å². The van der Waals surface area contributed by atoms with E-state index in [0.717, 1.165) is 11.2 Å². The molecule has 7 nitrogen and oxygen atoms in total. The molecule has 0 saturated heterocycles. The van der Waals surface area contributed by atoms with Crippen LogP contribution in [0, 0.1) is 0 Å². The molecule has 1 unspecified atom stereocenters. The molecule has 0 aliphatic heterocycles. The number of amides is 1. The molecule has 0 aromatic rings. The number of nitrogens with zero attached hydrogens (tertiary/aromatic N) is 1. The van der Waals surface area contributed by atoms with Gasteiger partial charge in [0.15, 0.2) is 0 Å². The Morgan fingerprint density at radius 1 is 1.39 bits per heavy atom. The summed E-state index contributed by atoms with van der Waals surface area (Å²) in [5, 5.41) is 8.67. The zero-order valence-electron chi connectivity index (χ0n) is 10.6. The Balaban J connectivity index is 4.50. The van der Waals surface area contributed by atoms with Gasteiger partial charge in [0, 0.05) is 12.8 Å². The Morgan fingerprint density at radius 2 is 1.94 bits per heavy atom. The SMILES string of the molecule is CCCN(CC(=O)O)C(=O)C(N)CCS(C)(=O)=O. The van der Waals surface area contributed by atoms with Gasteiger partial charge in [-0.15, -0.1) is 0 Å². The molecular formula is C10H20N2O5S. The third-order valence-corrected chi connectivity index (χ3v) is 3.23. The highest BCUT2D eigenvalue weighted by Gasteiger charge is 2.23. The van der Waals surface area contributed by atoms with Crippen LogP contribution in [0.4, 0.5) is 0 Å². The quantitative estimate of drug-likeness (QED) is 0.593. The molecular weight excluding hydrogens is 260 g/mol. The Hall–Kier alpha value is -1.15. The molecule has 0 fully saturated rings. The van der Waals surface area contributed by atoms with Gasteiger partial charge in [-0.2, -0.15) is 0 Å². The molecule has 3 N–H and O–H groups in total. The van der Waals surface area contributed by atoms with Crippen LogP contribution in [0.25, 0.3) is 0 Å². The maximum Gasteiger partial charge on any atom is 0.323 e. The average Bonchev–Trinajstić information content (AvgIpc) is 2.22. The smallest absolute Gasteiger partial charge is 0.323 e. The number of hydrogen-bond donors (Lipinski definition) is 2. The zero-order chi connectivity index (χ0) is 14.3. The predicted molar refractivity (Wildman–Crippen MR) is 66.8 cm³/mol. The summed E-state index contributed by atoms with van der Waals surface area (Å²) in [6, 6.07) is -0.981. The number of carboxylic acids is 1. The summed E-state index contributed by atoms with van der Waals surface area (Å²) in [6.07, 6.45) is 1.67. The summed E-state index contributed by atoms with van der Waals surface area (Å²) in [4.78, 5) is 23.6. The van der Waals surface area contributed by atoms with Gasteiger partial charge in [-0.1, -0.05) is 6.92 Å². The van der Waals surface area contributed by atoms with E-state index in [4.69, 9.17) is 10.8 Å². The molecule has 0 radical (unpaired) electrons. The van der Waals surface area contributed by atoms with Crippen molar-refractivity contribution in [2.45, 2.75) is 25.8 Å². The van der Waals surface area contributed by atoms with E-state index in [-0.39, 0.29) is 18.7 Å². The van der Waals surface area contributed by atoms with Crippen LogP contribution in [0.15, 0.2) is 0 Å². The van der Waals surface area contributed by atoms with Gasteiger partial charge in [0.25, 0.3) is 0 Å². The first kappa shape index (κ1) is 16.9. The number of aliphatic carboxylic acids is 1. The second-order valence-electron chi connectivity index (χ2n) is 4.18. The number of carboxylic acid groups (broad SMARTS) is 1. The molecule has 0 bridgehead atoms. The second kappa shape index (κ2) is 7.32. The van der Waals surface area contributed by atoms with Crippen LogP contribution in [0.3, 0.4) is 0 Å². The molecule has 0 aliphatic rings.